The lowest BCUT2D eigenvalue weighted by atomic mass is 9.97. The molecule has 0 radical (unpaired) electrons. The number of benzene rings is 1. The fraction of sp³-hybridized carbons (Fsp3) is 0.556. The molecule has 1 amide bonds. The smallest absolute Gasteiger partial charge is 0.263 e. The van der Waals surface area contributed by atoms with Crippen molar-refractivity contribution in [2.75, 3.05) is 37.6 Å². The van der Waals surface area contributed by atoms with Crippen molar-refractivity contribution >= 4 is 33.3 Å². The molecule has 2 aromatic heterocycles. The van der Waals surface area contributed by atoms with Crippen LogP contribution in [0.25, 0.3) is 10.9 Å². The van der Waals surface area contributed by atoms with Crippen molar-refractivity contribution in [2.24, 2.45) is 5.92 Å². The summed E-state index contributed by atoms with van der Waals surface area (Å²) in [5, 5.41) is 5.51. The average molecular weight is 484 g/mol. The van der Waals surface area contributed by atoms with E-state index in [-0.39, 0.29) is 11.9 Å². The maximum Gasteiger partial charge on any atom is 0.263 e. The molecule has 0 spiro atoms. The first-order valence-corrected chi connectivity index (χ1v) is 13.6. The first-order chi connectivity index (χ1) is 16.5. The Bertz CT molecular complexity index is 1020. The highest BCUT2D eigenvalue weighted by Gasteiger charge is 2.22. The molecule has 1 unspecified atom stereocenters. The molecule has 7 heteroatoms. The van der Waals surface area contributed by atoms with Crippen molar-refractivity contribution in [1.29, 1.82) is 0 Å². The molecule has 3 heterocycles. The number of para-hydroxylation sites is 1. The summed E-state index contributed by atoms with van der Waals surface area (Å²) in [4.78, 5) is 26.5. The minimum atomic E-state index is -0.00505. The summed E-state index contributed by atoms with van der Waals surface area (Å²) in [5.74, 6) is 0.601. The van der Waals surface area contributed by atoms with Crippen LogP contribution in [0.15, 0.2) is 36.7 Å². The van der Waals surface area contributed by atoms with Gasteiger partial charge >= 0.3 is 0 Å². The van der Waals surface area contributed by atoms with Crippen LogP contribution in [0.2, 0.25) is 0 Å². The Labute approximate surface area is 208 Å². The van der Waals surface area contributed by atoms with Gasteiger partial charge in [0.2, 0.25) is 0 Å². The van der Waals surface area contributed by atoms with E-state index in [9.17, 15) is 4.79 Å². The van der Waals surface area contributed by atoms with Gasteiger partial charge < -0.3 is 20.1 Å². The number of piperazine rings is 1. The van der Waals surface area contributed by atoms with E-state index >= 15 is 0 Å². The second-order valence-corrected chi connectivity index (χ2v) is 10.1. The molecule has 0 aliphatic carbocycles. The molecule has 1 fully saturated rings. The molecule has 1 aliphatic rings. The van der Waals surface area contributed by atoms with Crippen LogP contribution in [0.4, 0.5) is 5.13 Å². The molecular formula is C27H41N5OS. The van der Waals surface area contributed by atoms with Crippen LogP contribution in [0.5, 0.6) is 0 Å². The molecule has 1 saturated heterocycles. The Balaban J connectivity index is 0.00000158. The van der Waals surface area contributed by atoms with Crippen molar-refractivity contribution < 1.29 is 4.79 Å². The standard InChI is InChI=1S/C25H35N5OS.C2H6/c1-4-29-11-13-30(14-12-29)25-27-17-23(32-25)24(31)28-20(10-9-18(2)3)15-19-16-26-22-8-6-5-7-21(19)22;1-2/h5-8,16-18,20,26H,4,9-15H2,1-3H3,(H,28,31);1-2H3. The van der Waals surface area contributed by atoms with Gasteiger partial charge in [0, 0.05) is 49.3 Å². The molecule has 6 nitrogen and oxygen atoms in total. The van der Waals surface area contributed by atoms with Gasteiger partial charge in [-0.05, 0) is 43.4 Å². The number of rotatable bonds is 9. The van der Waals surface area contributed by atoms with E-state index in [2.05, 4.69) is 70.3 Å². The molecule has 1 aromatic carbocycles. The number of nitrogens with zero attached hydrogens (tertiary/aromatic N) is 3. The Morgan fingerprint density at radius 3 is 2.59 bits per heavy atom. The predicted octanol–water partition coefficient (Wildman–Crippen LogP) is 5.57. The van der Waals surface area contributed by atoms with Gasteiger partial charge in [0.25, 0.3) is 5.91 Å². The molecule has 34 heavy (non-hydrogen) atoms. The molecule has 4 rings (SSSR count). The monoisotopic (exact) mass is 483 g/mol. The molecular weight excluding hydrogens is 442 g/mol. The summed E-state index contributed by atoms with van der Waals surface area (Å²) in [6.07, 6.45) is 6.70. The minimum Gasteiger partial charge on any atom is -0.361 e. The van der Waals surface area contributed by atoms with Crippen LogP contribution in [0, 0.1) is 5.92 Å². The van der Waals surface area contributed by atoms with Gasteiger partial charge in [-0.3, -0.25) is 4.79 Å². The Morgan fingerprint density at radius 1 is 1.15 bits per heavy atom. The van der Waals surface area contributed by atoms with Gasteiger partial charge in [-0.1, -0.05) is 64.2 Å². The number of hydrogen-bond donors (Lipinski definition) is 2. The third-order valence-corrected chi connectivity index (χ3v) is 7.43. The SMILES string of the molecule is CC.CCN1CCN(c2ncc(C(=O)NC(CCC(C)C)Cc3c[nH]c4ccccc34)s2)CC1. The largest absolute Gasteiger partial charge is 0.361 e. The van der Waals surface area contributed by atoms with Crippen LogP contribution < -0.4 is 10.2 Å². The predicted molar refractivity (Wildman–Crippen MR) is 145 cm³/mol. The summed E-state index contributed by atoms with van der Waals surface area (Å²) in [6, 6.07) is 8.46. The first kappa shape index (κ1) is 26.2. The Morgan fingerprint density at radius 2 is 1.88 bits per heavy atom. The molecule has 2 N–H and O–H groups in total. The Hall–Kier alpha value is -2.38. The zero-order valence-electron chi connectivity index (χ0n) is 21.4. The van der Waals surface area contributed by atoms with Gasteiger partial charge in [-0.15, -0.1) is 0 Å². The van der Waals surface area contributed by atoms with Crippen molar-refractivity contribution in [1.82, 2.24) is 20.2 Å². The third-order valence-electron chi connectivity index (χ3n) is 6.38. The van der Waals surface area contributed by atoms with Crippen LogP contribution in [0.1, 0.15) is 62.7 Å². The Kier molecular flexibility index (Phi) is 9.96. The fourth-order valence-corrected chi connectivity index (χ4v) is 5.22. The van der Waals surface area contributed by atoms with E-state index < -0.39 is 0 Å². The van der Waals surface area contributed by atoms with E-state index in [4.69, 9.17) is 0 Å². The maximum atomic E-state index is 13.1. The summed E-state index contributed by atoms with van der Waals surface area (Å²) in [7, 11) is 0. The summed E-state index contributed by atoms with van der Waals surface area (Å²) >= 11 is 1.51. The molecule has 1 atom stereocenters. The number of aromatic nitrogens is 2. The number of fused-ring (bicyclic) bond motifs is 1. The molecule has 0 saturated carbocycles. The molecule has 0 bridgehead atoms. The number of carbonyl (C=O) groups excluding carboxylic acids is 1. The lowest BCUT2D eigenvalue weighted by molar-refractivity contribution is 0.0937. The van der Waals surface area contributed by atoms with E-state index in [0.717, 1.165) is 62.6 Å². The van der Waals surface area contributed by atoms with E-state index in [0.29, 0.717) is 10.8 Å². The topological polar surface area (TPSA) is 64.3 Å². The van der Waals surface area contributed by atoms with E-state index in [1.807, 2.05) is 19.9 Å². The van der Waals surface area contributed by atoms with Gasteiger partial charge in [0.1, 0.15) is 4.88 Å². The number of hydrogen-bond acceptors (Lipinski definition) is 5. The van der Waals surface area contributed by atoms with E-state index in [1.54, 1.807) is 6.20 Å². The van der Waals surface area contributed by atoms with Gasteiger partial charge in [0.15, 0.2) is 5.13 Å². The number of likely N-dealkylation sites (N-methyl/N-ethyl adjacent to an activating group) is 1. The van der Waals surface area contributed by atoms with Crippen LogP contribution in [-0.4, -0.2) is 59.5 Å². The minimum absolute atomic E-state index is 0.00505. The van der Waals surface area contributed by atoms with Crippen molar-refractivity contribution in [3.8, 4) is 0 Å². The highest BCUT2D eigenvalue weighted by atomic mass is 32.1. The maximum absolute atomic E-state index is 13.1. The third kappa shape index (κ3) is 6.83. The molecule has 1 aliphatic heterocycles. The van der Waals surface area contributed by atoms with Crippen LogP contribution >= 0.6 is 11.3 Å². The first-order valence-electron chi connectivity index (χ1n) is 12.8. The number of anilines is 1. The number of carbonyl (C=O) groups is 1. The number of H-pyrrole nitrogens is 1. The quantitative estimate of drug-likeness (QED) is 0.418. The summed E-state index contributed by atoms with van der Waals surface area (Å²) < 4.78 is 0. The fourth-order valence-electron chi connectivity index (χ4n) is 4.35. The number of thiazole rings is 1. The van der Waals surface area contributed by atoms with Gasteiger partial charge in [0.05, 0.1) is 6.20 Å². The van der Waals surface area contributed by atoms with Crippen LogP contribution in [0.3, 0.4) is 0 Å². The average Bonchev–Trinajstić information content (AvgIpc) is 3.52. The number of nitrogens with one attached hydrogen (secondary N) is 2. The van der Waals surface area contributed by atoms with Crippen LogP contribution in [-0.2, 0) is 6.42 Å². The highest BCUT2D eigenvalue weighted by Crippen LogP contribution is 2.25. The van der Waals surface area contributed by atoms with E-state index in [1.165, 1.54) is 22.3 Å². The number of amides is 1. The van der Waals surface area contributed by atoms with Crippen molar-refractivity contribution in [2.45, 2.75) is 59.9 Å². The second kappa shape index (κ2) is 12.9. The number of aromatic amines is 1. The summed E-state index contributed by atoms with van der Waals surface area (Å²) in [5.41, 5.74) is 2.40. The summed E-state index contributed by atoms with van der Waals surface area (Å²) in [6.45, 7) is 15.8. The van der Waals surface area contributed by atoms with Gasteiger partial charge in [-0.2, -0.15) is 0 Å². The molecule has 186 valence electrons. The van der Waals surface area contributed by atoms with Crippen molar-refractivity contribution in [3.63, 3.8) is 0 Å². The van der Waals surface area contributed by atoms with Gasteiger partial charge in [-0.25, -0.2) is 4.98 Å². The lowest BCUT2D eigenvalue weighted by Gasteiger charge is -2.33. The zero-order valence-corrected chi connectivity index (χ0v) is 22.3. The second-order valence-electron chi connectivity index (χ2n) is 9.13. The highest BCUT2D eigenvalue weighted by molar-refractivity contribution is 7.17. The normalized spacial score (nSPS) is 15.3. The van der Waals surface area contributed by atoms with Crippen molar-refractivity contribution in [3.05, 3.63) is 47.1 Å². The lowest BCUT2D eigenvalue weighted by Crippen LogP contribution is -2.46. The zero-order chi connectivity index (χ0) is 24.5. The molecule has 3 aromatic rings.